The van der Waals surface area contributed by atoms with Gasteiger partial charge in [0.2, 0.25) is 5.91 Å². The quantitative estimate of drug-likeness (QED) is 0.162. The van der Waals surface area contributed by atoms with Crippen molar-refractivity contribution in [2.45, 2.75) is 44.4 Å². The van der Waals surface area contributed by atoms with E-state index >= 15 is 0 Å². The first-order valence-electron chi connectivity index (χ1n) is 14.0. The Morgan fingerprint density at radius 3 is 2.19 bits per heavy atom. The molecule has 3 atom stereocenters. The van der Waals surface area contributed by atoms with Crippen molar-refractivity contribution in [2.24, 2.45) is 0 Å². The van der Waals surface area contributed by atoms with Crippen molar-refractivity contribution in [1.29, 1.82) is 0 Å². The summed E-state index contributed by atoms with van der Waals surface area (Å²) in [5.41, 5.74) is 7.84. The van der Waals surface area contributed by atoms with Crippen molar-refractivity contribution in [3.63, 3.8) is 0 Å². The van der Waals surface area contributed by atoms with Crippen LogP contribution >= 0.6 is 0 Å². The zero-order valence-electron chi connectivity index (χ0n) is 23.2. The van der Waals surface area contributed by atoms with E-state index in [1.165, 1.54) is 5.06 Å². The van der Waals surface area contributed by atoms with Gasteiger partial charge >= 0.3 is 12.1 Å². The lowest BCUT2D eigenvalue weighted by atomic mass is 10.00. The predicted molar refractivity (Wildman–Crippen MR) is 153 cm³/mol. The van der Waals surface area contributed by atoms with Crippen LogP contribution in [0.3, 0.4) is 0 Å². The average molecular weight is 574 g/mol. The summed E-state index contributed by atoms with van der Waals surface area (Å²) in [7, 11) is 0. The first-order chi connectivity index (χ1) is 20.6. The summed E-state index contributed by atoms with van der Waals surface area (Å²) in [5, 5.41) is 4.37. The van der Waals surface area contributed by atoms with Crippen molar-refractivity contribution in [3.05, 3.63) is 108 Å². The van der Waals surface area contributed by atoms with Crippen LogP contribution in [0.1, 0.15) is 35.8 Å². The molecule has 2 aliphatic heterocycles. The van der Waals surface area contributed by atoms with Crippen LogP contribution in [0.25, 0.3) is 0 Å². The molecular weight excluding hydrogens is 538 g/mol. The largest absolute Gasteiger partial charge is 0.444 e. The van der Waals surface area contributed by atoms with Gasteiger partial charge in [-0.15, -0.1) is 0 Å². The van der Waals surface area contributed by atoms with E-state index in [-0.39, 0.29) is 44.3 Å². The van der Waals surface area contributed by atoms with Crippen LogP contribution in [0.15, 0.2) is 91.0 Å². The van der Waals surface area contributed by atoms with Gasteiger partial charge in [0.15, 0.2) is 6.23 Å². The fourth-order valence-corrected chi connectivity index (χ4v) is 4.98. The summed E-state index contributed by atoms with van der Waals surface area (Å²) in [6.45, 7) is 1.31. The van der Waals surface area contributed by atoms with Crippen LogP contribution in [-0.4, -0.2) is 59.8 Å². The fourth-order valence-electron chi connectivity index (χ4n) is 4.98. The predicted octanol–water partition coefficient (Wildman–Crippen LogP) is 3.65. The molecule has 0 saturated carbocycles. The molecule has 0 aromatic heterocycles. The van der Waals surface area contributed by atoms with Gasteiger partial charge in [-0.05, 0) is 24.0 Å². The molecule has 11 heteroatoms. The number of ether oxygens (including phenoxy) is 2. The molecule has 2 bridgehead atoms. The normalized spacial score (nSPS) is 18.4. The van der Waals surface area contributed by atoms with E-state index in [0.29, 0.717) is 19.4 Å². The number of hydrogen-bond acceptors (Lipinski definition) is 7. The average Bonchev–Trinajstić information content (AvgIpc) is 3.27. The molecule has 42 heavy (non-hydrogen) atoms. The van der Waals surface area contributed by atoms with Crippen molar-refractivity contribution >= 4 is 18.0 Å². The highest BCUT2D eigenvalue weighted by Crippen LogP contribution is 2.31. The van der Waals surface area contributed by atoms with Gasteiger partial charge in [0.25, 0.3) is 0 Å². The monoisotopic (exact) mass is 573 g/mol. The molecule has 2 saturated heterocycles. The minimum Gasteiger partial charge on any atom is -0.444 e. The van der Waals surface area contributed by atoms with Gasteiger partial charge in [0.05, 0.1) is 12.6 Å². The van der Waals surface area contributed by atoms with Crippen molar-refractivity contribution < 1.29 is 28.7 Å². The molecule has 5 rings (SSSR count). The van der Waals surface area contributed by atoms with Gasteiger partial charge < -0.3 is 19.7 Å². The molecule has 2 heterocycles. The zero-order chi connectivity index (χ0) is 29.1. The van der Waals surface area contributed by atoms with E-state index in [4.69, 9.17) is 14.3 Å². The molecule has 0 radical (unpaired) electrons. The Morgan fingerprint density at radius 2 is 1.50 bits per heavy atom. The van der Waals surface area contributed by atoms with E-state index in [9.17, 15) is 14.4 Å². The highest BCUT2D eigenvalue weighted by molar-refractivity contribution is 5.88. The van der Waals surface area contributed by atoms with Crippen LogP contribution < -0.4 is 16.2 Å². The van der Waals surface area contributed by atoms with Gasteiger partial charge in [-0.2, -0.15) is 5.06 Å². The highest BCUT2D eigenvalue weighted by Gasteiger charge is 2.48. The van der Waals surface area contributed by atoms with Gasteiger partial charge in [-0.3, -0.25) is 15.1 Å². The van der Waals surface area contributed by atoms with Crippen molar-refractivity contribution in [1.82, 2.24) is 26.1 Å². The number of nitrogens with zero attached hydrogens (tertiary/aromatic N) is 2. The van der Waals surface area contributed by atoms with Crippen molar-refractivity contribution in [2.75, 3.05) is 19.7 Å². The lowest BCUT2D eigenvalue weighted by Crippen LogP contribution is -2.51. The van der Waals surface area contributed by atoms with Crippen LogP contribution in [0.2, 0.25) is 0 Å². The summed E-state index contributed by atoms with van der Waals surface area (Å²) in [6.07, 6.45) is -0.182. The van der Waals surface area contributed by atoms with E-state index in [0.717, 1.165) is 16.7 Å². The van der Waals surface area contributed by atoms with E-state index in [1.807, 2.05) is 91.0 Å². The summed E-state index contributed by atoms with van der Waals surface area (Å²) < 4.78 is 11.2. The Labute approximate surface area is 244 Å². The maximum absolute atomic E-state index is 13.4. The van der Waals surface area contributed by atoms with Crippen LogP contribution in [-0.2, 0) is 32.3 Å². The topological polar surface area (TPSA) is 121 Å². The molecule has 11 nitrogen and oxygen atoms in total. The lowest BCUT2D eigenvalue weighted by Gasteiger charge is -2.31. The van der Waals surface area contributed by atoms with E-state index in [1.54, 1.807) is 4.90 Å². The van der Waals surface area contributed by atoms with Crippen LogP contribution in [0.4, 0.5) is 9.59 Å². The van der Waals surface area contributed by atoms with E-state index < -0.39 is 18.4 Å². The second-order valence-corrected chi connectivity index (χ2v) is 10.1. The SMILES string of the molecule is O=C(NNCCOC(NC(=O)[C@@H]1CC[C@@H]2CN1C(=O)N2OCc1ccccc1)c1ccccc1)OCc1ccccc1. The summed E-state index contributed by atoms with van der Waals surface area (Å²) in [4.78, 5) is 46.0. The number of amides is 4. The Hall–Kier alpha value is -4.45. The van der Waals surface area contributed by atoms with Gasteiger partial charge in [0, 0.05) is 18.7 Å². The minimum absolute atomic E-state index is 0.0932. The van der Waals surface area contributed by atoms with Gasteiger partial charge in [0.1, 0.15) is 19.3 Å². The lowest BCUT2D eigenvalue weighted by molar-refractivity contribution is -0.140. The molecular formula is C31H35N5O6. The molecule has 0 aliphatic carbocycles. The number of urea groups is 1. The molecule has 0 spiro atoms. The maximum atomic E-state index is 13.4. The number of carbonyl (C=O) groups excluding carboxylic acids is 3. The molecule has 4 amide bonds. The number of hydrazine groups is 1. The third kappa shape index (κ3) is 7.64. The Bertz CT molecular complexity index is 1310. The molecule has 2 aliphatic rings. The first-order valence-corrected chi connectivity index (χ1v) is 14.0. The second-order valence-electron chi connectivity index (χ2n) is 10.1. The Morgan fingerprint density at radius 1 is 0.857 bits per heavy atom. The summed E-state index contributed by atoms with van der Waals surface area (Å²) >= 11 is 0. The molecule has 3 aromatic rings. The highest BCUT2D eigenvalue weighted by atomic mass is 16.7. The number of nitrogens with one attached hydrogen (secondary N) is 3. The zero-order valence-corrected chi connectivity index (χ0v) is 23.2. The number of fused-ring (bicyclic) bond motifs is 2. The molecule has 3 aromatic carbocycles. The molecule has 3 N–H and O–H groups in total. The number of carbonyl (C=O) groups is 3. The smallest absolute Gasteiger partial charge is 0.421 e. The standard InChI is InChI=1S/C31H35N5O6/c37-28(27-17-16-26-20-35(27)31(39)36(26)42-22-24-12-6-2-7-13-24)33-29(25-14-8-3-9-15-25)40-19-18-32-34-30(38)41-21-23-10-4-1-5-11-23/h1-15,26-27,29,32H,16-22H2,(H,33,37)(H,34,38)/t26-,27+,29?/m1/s1. The summed E-state index contributed by atoms with van der Waals surface area (Å²) in [6, 6.07) is 27.3. The maximum Gasteiger partial charge on any atom is 0.421 e. The van der Waals surface area contributed by atoms with Crippen molar-refractivity contribution in [3.8, 4) is 0 Å². The second kappa shape index (κ2) is 14.4. The van der Waals surface area contributed by atoms with Crippen LogP contribution in [0.5, 0.6) is 0 Å². The number of hydrogen-bond donors (Lipinski definition) is 3. The van der Waals surface area contributed by atoms with Gasteiger partial charge in [-0.25, -0.2) is 15.0 Å². The number of piperidine rings is 1. The molecule has 220 valence electrons. The molecule has 1 unspecified atom stereocenters. The minimum atomic E-state index is -0.744. The Balaban J connectivity index is 1.10. The molecule has 2 fully saturated rings. The van der Waals surface area contributed by atoms with Gasteiger partial charge in [-0.1, -0.05) is 91.0 Å². The van der Waals surface area contributed by atoms with Crippen LogP contribution in [0, 0.1) is 0 Å². The Kier molecular flexibility index (Phi) is 9.99. The summed E-state index contributed by atoms with van der Waals surface area (Å²) in [5.74, 6) is -0.295. The third-order valence-corrected chi connectivity index (χ3v) is 7.13. The fraction of sp³-hybridized carbons (Fsp3) is 0.323. The number of hydroxylamine groups is 2. The first kappa shape index (κ1) is 29.1. The third-order valence-electron chi connectivity index (χ3n) is 7.13. The number of benzene rings is 3. The van der Waals surface area contributed by atoms with E-state index in [2.05, 4.69) is 16.2 Å². The number of rotatable bonds is 13.